The molecule has 0 aliphatic carbocycles. The van der Waals surface area contributed by atoms with Gasteiger partial charge in [-0.3, -0.25) is 19.4 Å². The molecule has 0 saturated carbocycles. The maximum absolute atomic E-state index is 14.4. The Labute approximate surface area is 314 Å². The maximum Gasteiger partial charge on any atom is 0.316 e. The van der Waals surface area contributed by atoms with Crippen LogP contribution in [0.1, 0.15) is 87.3 Å². The van der Waals surface area contributed by atoms with Crippen LogP contribution in [0.4, 0.5) is 0 Å². The number of nitrogens with zero attached hydrogens (tertiary/aromatic N) is 3. The third-order valence-electron chi connectivity index (χ3n) is 11.2. The normalized spacial score (nSPS) is 41.1. The third-order valence-corrected chi connectivity index (χ3v) is 11.2. The van der Waals surface area contributed by atoms with Crippen molar-refractivity contribution in [3.8, 4) is 0 Å². The minimum atomic E-state index is -1.78. The number of hydrogen-bond acceptors (Lipinski definition) is 12. The smallest absolute Gasteiger partial charge is 0.316 e. The van der Waals surface area contributed by atoms with Crippen molar-refractivity contribution in [1.29, 1.82) is 0 Å². The molecule has 296 valence electrons. The Kier molecular flexibility index (Phi) is 14.3. The molecular weight excluding hydrogens is 682 g/mol. The number of amides is 1. The minimum Gasteiger partial charge on any atom is -0.459 e. The summed E-state index contributed by atoms with van der Waals surface area (Å²) < 4.78 is 32.5. The molecule has 5 unspecified atom stereocenters. The van der Waals surface area contributed by atoms with Crippen LogP contribution in [0, 0.1) is 23.7 Å². The molecule has 0 radical (unpaired) electrons. The van der Waals surface area contributed by atoms with Gasteiger partial charge in [0.25, 0.3) is 0 Å². The summed E-state index contributed by atoms with van der Waals surface area (Å²) >= 11 is 0. The highest BCUT2D eigenvalue weighted by Crippen LogP contribution is 2.40. The van der Waals surface area contributed by atoms with E-state index in [0.29, 0.717) is 23.4 Å². The molecule has 13 heteroatoms. The highest BCUT2D eigenvalue weighted by Gasteiger charge is 2.53. The van der Waals surface area contributed by atoms with Crippen LogP contribution in [0.2, 0.25) is 0 Å². The lowest BCUT2D eigenvalue weighted by atomic mass is 9.73. The van der Waals surface area contributed by atoms with Gasteiger partial charge in [0.15, 0.2) is 12.1 Å². The number of pyridine rings is 1. The molecule has 3 saturated heterocycles. The number of carbonyl (C=O) groups excluding carboxylic acids is 3. The summed E-state index contributed by atoms with van der Waals surface area (Å²) in [4.78, 5) is 51.9. The van der Waals surface area contributed by atoms with Crippen LogP contribution in [-0.4, -0.2) is 125 Å². The number of esters is 1. The monoisotopic (exact) mass is 743 g/mol. The molecule has 13 nitrogen and oxygen atoms in total. The van der Waals surface area contributed by atoms with Gasteiger partial charge in [0.1, 0.15) is 23.7 Å². The van der Waals surface area contributed by atoms with Gasteiger partial charge in [-0.2, -0.15) is 0 Å². The van der Waals surface area contributed by atoms with E-state index in [1.54, 1.807) is 27.0 Å². The quantitative estimate of drug-likeness (QED) is 0.329. The fourth-order valence-corrected chi connectivity index (χ4v) is 8.33. The van der Waals surface area contributed by atoms with Gasteiger partial charge in [0.05, 0.1) is 42.8 Å². The maximum atomic E-state index is 14.4. The lowest BCUT2D eigenvalue weighted by molar-refractivity contribution is -0.296. The van der Waals surface area contributed by atoms with Gasteiger partial charge in [-0.15, -0.1) is 0 Å². The molecule has 4 rings (SSSR count). The third kappa shape index (κ3) is 9.86. The number of fused-ring (bicyclic) bond motifs is 5. The number of likely N-dealkylation sites (N-methyl/N-ethyl adjacent to an activating group) is 1. The van der Waals surface area contributed by atoms with Crippen LogP contribution in [0.25, 0.3) is 6.08 Å². The first-order valence-electron chi connectivity index (χ1n) is 18.9. The van der Waals surface area contributed by atoms with Crippen molar-refractivity contribution in [3.63, 3.8) is 0 Å². The van der Waals surface area contributed by atoms with E-state index in [1.165, 1.54) is 13.8 Å². The van der Waals surface area contributed by atoms with Gasteiger partial charge < -0.3 is 38.8 Å². The molecule has 2 bridgehead atoms. The van der Waals surface area contributed by atoms with Gasteiger partial charge in [0, 0.05) is 36.7 Å². The van der Waals surface area contributed by atoms with Crippen LogP contribution in [0.15, 0.2) is 35.0 Å². The number of aliphatic imine (C=N–C) groups is 1. The number of carbonyl (C=O) groups is 3. The van der Waals surface area contributed by atoms with Crippen molar-refractivity contribution in [2.45, 2.75) is 136 Å². The molecule has 53 heavy (non-hydrogen) atoms. The fraction of sp³-hybridized carbons (Fsp3) is 0.725. The Morgan fingerprint density at radius 2 is 1.81 bits per heavy atom. The van der Waals surface area contributed by atoms with E-state index in [0.717, 1.165) is 0 Å². The van der Waals surface area contributed by atoms with E-state index < -0.39 is 83.2 Å². The fourth-order valence-electron chi connectivity index (χ4n) is 8.33. The molecule has 3 fully saturated rings. The molecule has 1 aromatic rings. The molecule has 4 heterocycles. The number of ketones is 1. The van der Waals surface area contributed by atoms with Crippen LogP contribution < -0.4 is 0 Å². The van der Waals surface area contributed by atoms with Crippen molar-refractivity contribution in [1.82, 2.24) is 9.88 Å². The Morgan fingerprint density at radius 1 is 1.11 bits per heavy atom. The van der Waals surface area contributed by atoms with Gasteiger partial charge in [0.2, 0.25) is 5.91 Å². The zero-order valence-corrected chi connectivity index (χ0v) is 33.3. The number of rotatable bonds is 5. The van der Waals surface area contributed by atoms with E-state index in [2.05, 4.69) is 9.98 Å². The summed E-state index contributed by atoms with van der Waals surface area (Å²) in [6.07, 6.45) is -1.16. The van der Waals surface area contributed by atoms with Crippen molar-refractivity contribution in [2.24, 2.45) is 28.7 Å². The molecule has 3 aliphatic heterocycles. The predicted molar refractivity (Wildman–Crippen MR) is 199 cm³/mol. The van der Waals surface area contributed by atoms with Crippen molar-refractivity contribution in [2.75, 3.05) is 27.3 Å². The number of hydrogen-bond donors (Lipinski definition) is 2. The highest BCUT2D eigenvalue weighted by molar-refractivity contribution is 6.00. The largest absolute Gasteiger partial charge is 0.459 e. The summed E-state index contributed by atoms with van der Waals surface area (Å²) in [6.45, 7) is 15.3. The lowest BCUT2D eigenvalue weighted by Crippen LogP contribution is -2.60. The molecule has 0 aromatic carbocycles. The second-order valence-electron chi connectivity index (χ2n) is 15.9. The number of aliphatic hydroxyl groups excluding tert-OH is 1. The summed E-state index contributed by atoms with van der Waals surface area (Å²) in [5.74, 6) is -5.03. The Morgan fingerprint density at radius 3 is 2.42 bits per heavy atom. The average molecular weight is 744 g/mol. The number of cyclic esters (lactones) is 1. The van der Waals surface area contributed by atoms with Crippen LogP contribution in [-0.2, 0) is 38.1 Å². The van der Waals surface area contributed by atoms with E-state index in [4.69, 9.17) is 23.7 Å². The standard InChI is InChI=1S/C40H61N3O10/c1-12-31-40(9,48)36-24(4)32(42-27(7)44)22(2)19-39(8,50-21-28(20-49-36)18-29-15-13-14-16-41-29)35(25(5)33(45)26(6)37(47)52-31)53-38-34(46)30(43(10)11)17-23(3)51-38/h13-16,18,22-26,30-31,34-36,38,46,48H,12,17,19-21H2,1-11H3/b28-18-,42-32?/t22?,23-,24?,25+,26-,30+,31+,34?,35?,36?,38+,39-,40-/m1/s1. The van der Waals surface area contributed by atoms with E-state index in [1.807, 2.05) is 71.0 Å². The molecular formula is C40H61N3O10. The van der Waals surface area contributed by atoms with Crippen LogP contribution in [0.3, 0.4) is 0 Å². The Balaban J connectivity index is 1.99. The first-order valence-corrected chi connectivity index (χ1v) is 18.9. The first kappa shape index (κ1) is 42.8. The van der Waals surface area contributed by atoms with Gasteiger partial charge >= 0.3 is 5.97 Å². The van der Waals surface area contributed by atoms with Crippen molar-refractivity contribution in [3.05, 3.63) is 35.7 Å². The average Bonchev–Trinajstić information content (AvgIpc) is 3.11. The molecule has 2 N–H and O–H groups in total. The topological polar surface area (TPSA) is 166 Å². The first-order chi connectivity index (χ1) is 24.8. The number of aliphatic hydroxyl groups is 2. The summed E-state index contributed by atoms with van der Waals surface area (Å²) in [5, 5.41) is 23.9. The second-order valence-corrected chi connectivity index (χ2v) is 15.9. The SMILES string of the molecule is CC[C@@H]1OC(=O)[C@H](C)C(=O)[C@H](C)C(O[C@@H]2O[C@H](C)C[C@H](N(C)C)C2O)[C@@]2(C)CC(C)C(=NC(C)=O)C(C)C(OC/C(=C/c3ccccn3)CO2)[C@]1(C)O. The van der Waals surface area contributed by atoms with Gasteiger partial charge in [-0.25, -0.2) is 4.99 Å². The Hall–Kier alpha value is -2.91. The van der Waals surface area contributed by atoms with Crippen LogP contribution in [0.5, 0.6) is 0 Å². The van der Waals surface area contributed by atoms with Gasteiger partial charge in [-0.1, -0.05) is 33.8 Å². The lowest BCUT2D eigenvalue weighted by Gasteiger charge is -2.47. The van der Waals surface area contributed by atoms with E-state index in [-0.39, 0.29) is 38.2 Å². The van der Waals surface area contributed by atoms with E-state index >= 15 is 0 Å². The molecule has 0 spiro atoms. The highest BCUT2D eigenvalue weighted by atomic mass is 16.7. The molecule has 1 amide bonds. The van der Waals surface area contributed by atoms with Crippen molar-refractivity contribution >= 4 is 29.4 Å². The molecule has 3 aliphatic rings. The Bertz CT molecular complexity index is 1500. The second kappa shape index (κ2) is 17.7. The summed E-state index contributed by atoms with van der Waals surface area (Å²) in [5.41, 5.74) is -1.32. The van der Waals surface area contributed by atoms with E-state index in [9.17, 15) is 24.6 Å². The van der Waals surface area contributed by atoms with Crippen LogP contribution >= 0.6 is 0 Å². The minimum absolute atomic E-state index is 0.00991. The molecule has 1 aromatic heterocycles. The number of aromatic nitrogens is 1. The zero-order chi connectivity index (χ0) is 39.4. The number of ether oxygens (including phenoxy) is 5. The van der Waals surface area contributed by atoms with Gasteiger partial charge in [-0.05, 0) is 90.8 Å². The van der Waals surface area contributed by atoms with Crippen molar-refractivity contribution < 1.29 is 48.3 Å². The summed E-state index contributed by atoms with van der Waals surface area (Å²) in [6, 6.07) is 5.23. The summed E-state index contributed by atoms with van der Waals surface area (Å²) in [7, 11) is 3.76. The zero-order valence-electron chi connectivity index (χ0n) is 33.3. The predicted octanol–water partition coefficient (Wildman–Crippen LogP) is 4.03. The number of Topliss-reactive ketones (excluding diaryl/α,β-unsaturated/α-hetero) is 1. The molecule has 13 atom stereocenters.